The average molecular weight is 395 g/mol. The lowest BCUT2D eigenvalue weighted by Gasteiger charge is -1.96. The minimum atomic E-state index is -0.280. The Kier molecular flexibility index (Phi) is 3.48. The number of methoxy groups -OCH3 is 1. The molecule has 0 saturated heterocycles. The molecule has 16 heavy (non-hydrogen) atoms. The van der Waals surface area contributed by atoms with Gasteiger partial charge in [-0.15, -0.1) is 0 Å². The van der Waals surface area contributed by atoms with Crippen LogP contribution in [0.4, 0.5) is 0 Å². The van der Waals surface area contributed by atoms with Gasteiger partial charge in [0.05, 0.1) is 22.8 Å². The van der Waals surface area contributed by atoms with Crippen LogP contribution in [0.15, 0.2) is 22.9 Å². The zero-order chi connectivity index (χ0) is 11.7. The SMILES string of the molecule is COC(=O)Cc1cn2cc(Br)cc(I)c2n1. The number of fused-ring (bicyclic) bond motifs is 1. The number of aromatic nitrogens is 2. The van der Waals surface area contributed by atoms with Crippen LogP contribution in [0.1, 0.15) is 5.69 Å². The maximum atomic E-state index is 11.1. The molecule has 0 atom stereocenters. The summed E-state index contributed by atoms with van der Waals surface area (Å²) in [6, 6.07) is 1.98. The Hall–Kier alpha value is -0.630. The molecular formula is C10H8BrIN2O2. The van der Waals surface area contributed by atoms with Gasteiger partial charge >= 0.3 is 5.97 Å². The summed E-state index contributed by atoms with van der Waals surface area (Å²) in [4.78, 5) is 15.5. The molecule has 2 aromatic heterocycles. The summed E-state index contributed by atoms with van der Waals surface area (Å²) in [6.07, 6.45) is 3.94. The van der Waals surface area contributed by atoms with Crippen molar-refractivity contribution in [2.45, 2.75) is 6.42 Å². The van der Waals surface area contributed by atoms with E-state index in [0.717, 1.165) is 13.7 Å². The van der Waals surface area contributed by atoms with E-state index in [9.17, 15) is 4.79 Å². The Balaban J connectivity index is 2.44. The fraction of sp³-hybridized carbons (Fsp3) is 0.200. The first-order chi connectivity index (χ1) is 7.60. The van der Waals surface area contributed by atoms with E-state index in [4.69, 9.17) is 0 Å². The van der Waals surface area contributed by atoms with Gasteiger partial charge in [-0.1, -0.05) is 0 Å². The van der Waals surface area contributed by atoms with Crippen molar-refractivity contribution >= 4 is 50.1 Å². The predicted octanol–water partition coefficient (Wildman–Crippen LogP) is 2.42. The molecule has 2 aromatic rings. The number of hydrogen-bond acceptors (Lipinski definition) is 3. The lowest BCUT2D eigenvalue weighted by Crippen LogP contribution is -2.04. The number of pyridine rings is 1. The number of halogens is 2. The van der Waals surface area contributed by atoms with E-state index < -0.39 is 0 Å². The number of hydrogen-bond donors (Lipinski definition) is 0. The van der Waals surface area contributed by atoms with E-state index in [1.54, 1.807) is 0 Å². The minimum Gasteiger partial charge on any atom is -0.469 e. The van der Waals surface area contributed by atoms with Crippen molar-refractivity contribution in [1.82, 2.24) is 9.38 Å². The molecule has 0 N–H and O–H groups in total. The van der Waals surface area contributed by atoms with E-state index >= 15 is 0 Å². The highest BCUT2D eigenvalue weighted by molar-refractivity contribution is 14.1. The predicted molar refractivity (Wildman–Crippen MR) is 71.3 cm³/mol. The fourth-order valence-electron chi connectivity index (χ4n) is 1.38. The smallest absolute Gasteiger partial charge is 0.311 e. The van der Waals surface area contributed by atoms with E-state index in [2.05, 4.69) is 48.2 Å². The summed E-state index contributed by atoms with van der Waals surface area (Å²) in [5.74, 6) is -0.280. The van der Waals surface area contributed by atoms with Crippen molar-refractivity contribution in [2.24, 2.45) is 0 Å². The molecule has 0 aliphatic carbocycles. The Morgan fingerprint density at radius 2 is 2.38 bits per heavy atom. The van der Waals surface area contributed by atoms with Crippen LogP contribution in [0.25, 0.3) is 5.65 Å². The van der Waals surface area contributed by atoms with Gasteiger partial charge in [-0.05, 0) is 44.6 Å². The number of rotatable bonds is 2. The van der Waals surface area contributed by atoms with Crippen LogP contribution in [0, 0.1) is 3.57 Å². The second-order valence-electron chi connectivity index (χ2n) is 3.22. The maximum absolute atomic E-state index is 11.1. The van der Waals surface area contributed by atoms with Crippen LogP contribution < -0.4 is 0 Å². The van der Waals surface area contributed by atoms with Crippen molar-refractivity contribution < 1.29 is 9.53 Å². The van der Waals surface area contributed by atoms with Gasteiger partial charge in [-0.3, -0.25) is 4.79 Å². The highest BCUT2D eigenvalue weighted by Gasteiger charge is 2.09. The highest BCUT2D eigenvalue weighted by Crippen LogP contribution is 2.19. The van der Waals surface area contributed by atoms with Crippen molar-refractivity contribution in [3.63, 3.8) is 0 Å². The first kappa shape index (κ1) is 11.8. The second-order valence-corrected chi connectivity index (χ2v) is 5.30. The molecule has 0 unspecified atom stereocenters. The van der Waals surface area contributed by atoms with E-state index in [0.29, 0.717) is 5.69 Å². The van der Waals surface area contributed by atoms with Crippen molar-refractivity contribution in [2.75, 3.05) is 7.11 Å². The lowest BCUT2D eigenvalue weighted by molar-refractivity contribution is -0.139. The topological polar surface area (TPSA) is 43.6 Å². The molecule has 0 fully saturated rings. The number of imidazole rings is 1. The summed E-state index contributed by atoms with van der Waals surface area (Å²) >= 11 is 5.62. The van der Waals surface area contributed by atoms with Gasteiger partial charge in [0.2, 0.25) is 0 Å². The van der Waals surface area contributed by atoms with E-state index in [-0.39, 0.29) is 12.4 Å². The van der Waals surface area contributed by atoms with Gasteiger partial charge in [0.1, 0.15) is 0 Å². The molecule has 6 heteroatoms. The number of nitrogens with zero attached hydrogens (tertiary/aromatic N) is 2. The van der Waals surface area contributed by atoms with E-state index in [1.165, 1.54) is 7.11 Å². The summed E-state index contributed by atoms with van der Waals surface area (Å²) in [5.41, 5.74) is 1.56. The van der Waals surface area contributed by atoms with Crippen LogP contribution in [0.2, 0.25) is 0 Å². The normalized spacial score (nSPS) is 10.7. The Labute approximate surface area is 114 Å². The third-order valence-corrected chi connectivity index (χ3v) is 3.30. The number of ether oxygens (including phenoxy) is 1. The van der Waals surface area contributed by atoms with Gasteiger partial charge in [0, 0.05) is 16.9 Å². The number of carbonyl (C=O) groups excluding carboxylic acids is 1. The quantitative estimate of drug-likeness (QED) is 0.580. The third kappa shape index (κ3) is 2.37. The van der Waals surface area contributed by atoms with Gasteiger partial charge in [0.25, 0.3) is 0 Å². The molecule has 0 spiro atoms. The van der Waals surface area contributed by atoms with Gasteiger partial charge in [-0.2, -0.15) is 0 Å². The molecule has 0 saturated carbocycles. The van der Waals surface area contributed by atoms with Crippen LogP contribution in [-0.4, -0.2) is 22.5 Å². The largest absolute Gasteiger partial charge is 0.469 e. The Morgan fingerprint density at radius 1 is 1.62 bits per heavy atom. The number of esters is 1. The molecule has 0 amide bonds. The molecule has 0 bridgehead atoms. The highest BCUT2D eigenvalue weighted by atomic mass is 127. The Bertz CT molecular complexity index is 553. The van der Waals surface area contributed by atoms with Crippen molar-refractivity contribution in [3.8, 4) is 0 Å². The van der Waals surface area contributed by atoms with E-state index in [1.807, 2.05) is 22.9 Å². The zero-order valence-corrected chi connectivity index (χ0v) is 12.1. The molecule has 0 aromatic carbocycles. The second kappa shape index (κ2) is 4.70. The van der Waals surface area contributed by atoms with Crippen molar-refractivity contribution in [1.29, 1.82) is 0 Å². The summed E-state index contributed by atoms with van der Waals surface area (Å²) in [7, 11) is 1.37. The van der Waals surface area contributed by atoms with Gasteiger partial charge < -0.3 is 9.14 Å². The molecule has 2 heterocycles. The molecule has 0 radical (unpaired) electrons. The van der Waals surface area contributed by atoms with Crippen LogP contribution in [-0.2, 0) is 16.0 Å². The van der Waals surface area contributed by atoms with Gasteiger partial charge in [-0.25, -0.2) is 4.98 Å². The fourth-order valence-corrected chi connectivity index (χ4v) is 2.99. The minimum absolute atomic E-state index is 0.200. The maximum Gasteiger partial charge on any atom is 0.311 e. The molecule has 0 aliphatic rings. The lowest BCUT2D eigenvalue weighted by atomic mass is 10.3. The van der Waals surface area contributed by atoms with Crippen LogP contribution in [0.3, 0.4) is 0 Å². The van der Waals surface area contributed by atoms with Crippen LogP contribution in [0.5, 0.6) is 0 Å². The van der Waals surface area contributed by atoms with Gasteiger partial charge in [0.15, 0.2) is 5.65 Å². The molecular weight excluding hydrogens is 387 g/mol. The monoisotopic (exact) mass is 394 g/mol. The summed E-state index contributed by atoms with van der Waals surface area (Å²) in [6.45, 7) is 0. The summed E-state index contributed by atoms with van der Waals surface area (Å²) in [5, 5.41) is 0. The molecule has 0 aliphatic heterocycles. The standard InChI is InChI=1S/C10H8BrIN2O2/c1-16-9(15)3-7-5-14-4-6(11)2-8(12)10(14)13-7/h2,4-5H,3H2,1H3. The first-order valence-corrected chi connectivity index (χ1v) is 6.37. The third-order valence-electron chi connectivity index (χ3n) is 2.08. The molecule has 84 valence electrons. The average Bonchev–Trinajstić information content (AvgIpc) is 2.60. The Morgan fingerprint density at radius 3 is 3.06 bits per heavy atom. The molecule has 4 nitrogen and oxygen atoms in total. The zero-order valence-electron chi connectivity index (χ0n) is 8.41. The summed E-state index contributed by atoms with van der Waals surface area (Å²) < 4.78 is 8.51. The number of carbonyl (C=O) groups is 1. The van der Waals surface area contributed by atoms with Crippen LogP contribution >= 0.6 is 38.5 Å². The first-order valence-electron chi connectivity index (χ1n) is 4.49. The van der Waals surface area contributed by atoms with Crippen molar-refractivity contribution in [3.05, 3.63) is 32.2 Å². The molecule has 2 rings (SSSR count).